The summed E-state index contributed by atoms with van der Waals surface area (Å²) in [5.41, 5.74) is 2.11. The lowest BCUT2D eigenvalue weighted by Crippen LogP contribution is -2.33. The van der Waals surface area contributed by atoms with E-state index >= 15 is 0 Å². The van der Waals surface area contributed by atoms with Crippen molar-refractivity contribution in [3.05, 3.63) is 65.0 Å². The van der Waals surface area contributed by atoms with E-state index in [2.05, 4.69) is 24.8 Å². The van der Waals surface area contributed by atoms with Crippen molar-refractivity contribution >= 4 is 27.0 Å². The van der Waals surface area contributed by atoms with Crippen LogP contribution in [0.25, 0.3) is 15.7 Å². The summed E-state index contributed by atoms with van der Waals surface area (Å²) in [5.74, 6) is 0.550. The van der Waals surface area contributed by atoms with E-state index in [9.17, 15) is 15.3 Å². The molecule has 4 rings (SSSR count). The van der Waals surface area contributed by atoms with Crippen molar-refractivity contribution in [2.24, 2.45) is 0 Å². The Hall–Kier alpha value is -2.38. The predicted octanol–water partition coefficient (Wildman–Crippen LogP) is 4.25. The van der Waals surface area contributed by atoms with Gasteiger partial charge in [-0.1, -0.05) is 24.8 Å². The van der Waals surface area contributed by atoms with Crippen molar-refractivity contribution < 1.29 is 24.8 Å². The molecule has 0 aliphatic carbocycles. The molecule has 1 saturated heterocycles. The van der Waals surface area contributed by atoms with Crippen LogP contribution in [0.3, 0.4) is 0 Å². The molecular formula is C23H24O5S. The molecule has 1 aliphatic rings. The highest BCUT2D eigenvalue weighted by atomic mass is 32.1. The molecule has 0 spiro atoms. The van der Waals surface area contributed by atoms with Crippen LogP contribution in [0.15, 0.2) is 49.0 Å². The van der Waals surface area contributed by atoms with Crippen molar-refractivity contribution in [1.82, 2.24) is 0 Å². The first-order valence-corrected chi connectivity index (χ1v) is 10.3. The van der Waals surface area contributed by atoms with Gasteiger partial charge in [0.15, 0.2) is 0 Å². The SMILES string of the molecule is C=C(c1cc2ccccc2s1)c1cc(C2CC(O)CC(CO)O2)c(O)cc1OC. The first-order chi connectivity index (χ1) is 14.0. The minimum absolute atomic E-state index is 0.0329. The van der Waals surface area contributed by atoms with Gasteiger partial charge in [0, 0.05) is 39.6 Å². The van der Waals surface area contributed by atoms with Gasteiger partial charge in [-0.15, -0.1) is 11.3 Å². The molecule has 0 amide bonds. The number of phenols is 1. The van der Waals surface area contributed by atoms with Crippen LogP contribution in [0.1, 0.15) is 34.9 Å². The highest BCUT2D eigenvalue weighted by Crippen LogP contribution is 2.43. The van der Waals surface area contributed by atoms with Gasteiger partial charge in [-0.05, 0) is 29.2 Å². The van der Waals surface area contributed by atoms with Gasteiger partial charge in [0.05, 0.1) is 32.0 Å². The number of hydrogen-bond donors (Lipinski definition) is 3. The van der Waals surface area contributed by atoms with Crippen molar-refractivity contribution in [1.29, 1.82) is 0 Å². The number of phenolic OH excluding ortho intramolecular Hbond substituents is 1. The maximum atomic E-state index is 10.6. The second-order valence-electron chi connectivity index (χ2n) is 7.29. The maximum absolute atomic E-state index is 10.6. The van der Waals surface area contributed by atoms with Crippen LogP contribution in [-0.4, -0.2) is 41.2 Å². The molecule has 3 unspecified atom stereocenters. The number of rotatable bonds is 5. The van der Waals surface area contributed by atoms with Crippen molar-refractivity contribution in [3.8, 4) is 11.5 Å². The molecule has 5 nitrogen and oxygen atoms in total. The summed E-state index contributed by atoms with van der Waals surface area (Å²) >= 11 is 1.65. The number of ether oxygens (including phenoxy) is 2. The Morgan fingerprint density at radius 2 is 2.03 bits per heavy atom. The lowest BCUT2D eigenvalue weighted by Gasteiger charge is -2.33. The fraction of sp³-hybridized carbons (Fsp3) is 0.304. The van der Waals surface area contributed by atoms with E-state index in [1.54, 1.807) is 24.5 Å². The maximum Gasteiger partial charge on any atom is 0.130 e. The van der Waals surface area contributed by atoms with E-state index in [0.29, 0.717) is 24.2 Å². The quantitative estimate of drug-likeness (QED) is 0.584. The summed E-state index contributed by atoms with van der Waals surface area (Å²) in [4.78, 5) is 1.01. The van der Waals surface area contributed by atoms with Crippen LogP contribution >= 0.6 is 11.3 Å². The van der Waals surface area contributed by atoms with E-state index < -0.39 is 18.3 Å². The number of aliphatic hydroxyl groups excluding tert-OH is 2. The fourth-order valence-corrected chi connectivity index (χ4v) is 4.87. The Morgan fingerprint density at radius 3 is 2.76 bits per heavy atom. The standard InChI is InChI=1S/C23H24O5S/c1-13(23-7-14-5-3-4-6-22(14)29-23)17-10-18(19(26)11-20(17)27-2)21-9-15(25)8-16(12-24)28-21/h3-7,10-11,15-16,21,24-26H,1,8-9,12H2,2H3. The molecule has 1 aliphatic heterocycles. The largest absolute Gasteiger partial charge is 0.507 e. The van der Waals surface area contributed by atoms with Crippen LogP contribution < -0.4 is 4.74 Å². The summed E-state index contributed by atoms with van der Waals surface area (Å²) in [5, 5.41) is 31.3. The first kappa shape index (κ1) is 19.9. The number of aromatic hydroxyl groups is 1. The topological polar surface area (TPSA) is 79.2 Å². The highest BCUT2D eigenvalue weighted by molar-refractivity contribution is 7.20. The zero-order chi connectivity index (χ0) is 20.5. The Morgan fingerprint density at radius 1 is 1.24 bits per heavy atom. The number of methoxy groups -OCH3 is 1. The monoisotopic (exact) mass is 412 g/mol. The zero-order valence-corrected chi connectivity index (χ0v) is 17.0. The average Bonchev–Trinajstić information content (AvgIpc) is 3.16. The Labute approximate surface area is 173 Å². The summed E-state index contributed by atoms with van der Waals surface area (Å²) in [6.45, 7) is 4.10. The number of thiophene rings is 1. The Kier molecular flexibility index (Phi) is 5.61. The fourth-order valence-electron chi connectivity index (χ4n) is 3.82. The minimum Gasteiger partial charge on any atom is -0.507 e. The molecule has 3 N–H and O–H groups in total. The summed E-state index contributed by atoms with van der Waals surface area (Å²) < 4.78 is 12.6. The molecule has 0 radical (unpaired) electrons. The number of benzene rings is 2. The van der Waals surface area contributed by atoms with E-state index in [0.717, 1.165) is 21.4 Å². The van der Waals surface area contributed by atoms with Gasteiger partial charge >= 0.3 is 0 Å². The van der Waals surface area contributed by atoms with Crippen LogP contribution in [0, 0.1) is 0 Å². The molecule has 0 bridgehead atoms. The number of aliphatic hydroxyl groups is 2. The molecule has 152 valence electrons. The summed E-state index contributed by atoms with van der Waals surface area (Å²) in [7, 11) is 1.55. The van der Waals surface area contributed by atoms with Crippen molar-refractivity contribution in [2.75, 3.05) is 13.7 Å². The molecule has 29 heavy (non-hydrogen) atoms. The van der Waals surface area contributed by atoms with Gasteiger partial charge in [0.2, 0.25) is 0 Å². The average molecular weight is 413 g/mol. The summed E-state index contributed by atoms with van der Waals surface area (Å²) in [6.07, 6.45) is -0.840. The molecule has 1 aromatic heterocycles. The van der Waals surface area contributed by atoms with Crippen molar-refractivity contribution in [2.45, 2.75) is 31.2 Å². The van der Waals surface area contributed by atoms with Crippen LogP contribution in [0.5, 0.6) is 11.5 Å². The Bertz CT molecular complexity index is 1010. The van der Waals surface area contributed by atoms with Gasteiger partial charge < -0.3 is 24.8 Å². The predicted molar refractivity (Wildman–Crippen MR) is 115 cm³/mol. The van der Waals surface area contributed by atoms with Gasteiger partial charge in [-0.25, -0.2) is 0 Å². The molecule has 3 atom stereocenters. The lowest BCUT2D eigenvalue weighted by molar-refractivity contribution is -0.114. The van der Waals surface area contributed by atoms with E-state index in [1.165, 1.54) is 4.70 Å². The highest BCUT2D eigenvalue weighted by Gasteiger charge is 2.31. The van der Waals surface area contributed by atoms with E-state index in [4.69, 9.17) is 9.47 Å². The first-order valence-electron chi connectivity index (χ1n) is 9.53. The molecular weight excluding hydrogens is 388 g/mol. The molecule has 2 aromatic carbocycles. The second kappa shape index (κ2) is 8.16. The lowest BCUT2D eigenvalue weighted by atomic mass is 9.92. The molecule has 1 fully saturated rings. The van der Waals surface area contributed by atoms with Crippen molar-refractivity contribution in [3.63, 3.8) is 0 Å². The van der Waals surface area contributed by atoms with Gasteiger partial charge in [-0.2, -0.15) is 0 Å². The third-order valence-corrected chi connectivity index (χ3v) is 6.50. The van der Waals surface area contributed by atoms with Gasteiger partial charge in [0.1, 0.15) is 11.5 Å². The molecule has 3 aromatic rings. The number of hydrogen-bond acceptors (Lipinski definition) is 6. The van der Waals surface area contributed by atoms with Gasteiger partial charge in [-0.3, -0.25) is 0 Å². The smallest absolute Gasteiger partial charge is 0.130 e. The third kappa shape index (κ3) is 3.89. The van der Waals surface area contributed by atoms with Gasteiger partial charge in [0.25, 0.3) is 0 Å². The Balaban J connectivity index is 1.74. The van der Waals surface area contributed by atoms with E-state index in [-0.39, 0.29) is 12.4 Å². The molecule has 2 heterocycles. The van der Waals surface area contributed by atoms with Crippen LogP contribution in [0.4, 0.5) is 0 Å². The van der Waals surface area contributed by atoms with E-state index in [1.807, 2.05) is 18.2 Å². The molecule has 6 heteroatoms. The summed E-state index contributed by atoms with van der Waals surface area (Å²) in [6, 6.07) is 13.6. The van der Waals surface area contributed by atoms with Crippen LogP contribution in [-0.2, 0) is 4.74 Å². The second-order valence-corrected chi connectivity index (χ2v) is 8.38. The molecule has 0 saturated carbocycles. The normalized spacial score (nSPS) is 22.0. The number of fused-ring (bicyclic) bond motifs is 1. The van der Waals surface area contributed by atoms with Crippen LogP contribution in [0.2, 0.25) is 0 Å². The third-order valence-electron chi connectivity index (χ3n) is 5.33. The zero-order valence-electron chi connectivity index (χ0n) is 16.2. The minimum atomic E-state index is -0.596.